The monoisotopic (exact) mass is 402 g/mol. The number of hydrogen-bond donors (Lipinski definition) is 0. The number of rotatable bonds is 3. The highest BCUT2D eigenvalue weighted by molar-refractivity contribution is 7.89. The lowest BCUT2D eigenvalue weighted by atomic mass is 10.1. The summed E-state index contributed by atoms with van der Waals surface area (Å²) in [6.07, 6.45) is 0. The maximum absolute atomic E-state index is 13.0. The van der Waals surface area contributed by atoms with Gasteiger partial charge in [-0.3, -0.25) is 4.79 Å². The van der Waals surface area contributed by atoms with E-state index in [1.165, 1.54) is 4.31 Å². The van der Waals surface area contributed by atoms with Crippen LogP contribution in [0.15, 0.2) is 41.3 Å². The van der Waals surface area contributed by atoms with Gasteiger partial charge in [0.2, 0.25) is 16.8 Å². The Kier molecular flexibility index (Phi) is 4.76. The summed E-state index contributed by atoms with van der Waals surface area (Å²) in [5.41, 5.74) is 2.20. The number of fused-ring (bicyclic) bond motifs is 1. The van der Waals surface area contributed by atoms with Crippen molar-refractivity contribution in [3.05, 3.63) is 53.1 Å². The van der Waals surface area contributed by atoms with E-state index in [0.29, 0.717) is 35.0 Å². The first-order valence-electron chi connectivity index (χ1n) is 9.13. The number of aryl methyl sites for hydroxylation is 2. The van der Waals surface area contributed by atoms with E-state index < -0.39 is 10.0 Å². The van der Waals surface area contributed by atoms with Crippen molar-refractivity contribution in [2.45, 2.75) is 18.7 Å². The van der Waals surface area contributed by atoms with Crippen LogP contribution < -0.4 is 9.47 Å². The van der Waals surface area contributed by atoms with E-state index in [0.717, 1.165) is 11.1 Å². The molecule has 7 nitrogen and oxygen atoms in total. The van der Waals surface area contributed by atoms with Crippen LogP contribution in [0.4, 0.5) is 0 Å². The number of hydrogen-bond acceptors (Lipinski definition) is 5. The van der Waals surface area contributed by atoms with Gasteiger partial charge in [0.1, 0.15) is 0 Å². The van der Waals surface area contributed by atoms with Gasteiger partial charge in [-0.05, 0) is 37.6 Å². The van der Waals surface area contributed by atoms with Gasteiger partial charge >= 0.3 is 0 Å². The van der Waals surface area contributed by atoms with Gasteiger partial charge in [0.15, 0.2) is 11.5 Å². The lowest BCUT2D eigenvalue weighted by molar-refractivity contribution is 0.0693. The third-order valence-corrected chi connectivity index (χ3v) is 7.16. The summed E-state index contributed by atoms with van der Waals surface area (Å²) in [7, 11) is -3.58. The molecule has 0 aromatic heterocycles. The first-order valence-corrected chi connectivity index (χ1v) is 10.6. The Morgan fingerprint density at radius 2 is 1.75 bits per heavy atom. The van der Waals surface area contributed by atoms with Crippen LogP contribution in [0.25, 0.3) is 0 Å². The van der Waals surface area contributed by atoms with E-state index in [2.05, 4.69) is 0 Å². The smallest absolute Gasteiger partial charge is 0.257 e. The maximum Gasteiger partial charge on any atom is 0.257 e. The molecule has 0 saturated carbocycles. The molecule has 2 heterocycles. The molecule has 1 fully saturated rings. The number of carbonyl (C=O) groups excluding carboxylic acids is 1. The molecule has 1 amide bonds. The van der Waals surface area contributed by atoms with Crippen molar-refractivity contribution in [3.8, 4) is 11.5 Å². The maximum atomic E-state index is 13.0. The van der Waals surface area contributed by atoms with E-state index in [1.807, 2.05) is 13.0 Å². The van der Waals surface area contributed by atoms with Crippen molar-refractivity contribution in [1.82, 2.24) is 9.21 Å². The van der Waals surface area contributed by atoms with E-state index in [1.54, 1.807) is 42.2 Å². The molecular weight excluding hydrogens is 380 g/mol. The average molecular weight is 402 g/mol. The third-order valence-electron chi connectivity index (χ3n) is 5.10. The van der Waals surface area contributed by atoms with E-state index in [4.69, 9.17) is 9.47 Å². The molecule has 28 heavy (non-hydrogen) atoms. The van der Waals surface area contributed by atoms with Crippen LogP contribution in [0.5, 0.6) is 11.5 Å². The lowest BCUT2D eigenvalue weighted by Crippen LogP contribution is -2.50. The summed E-state index contributed by atoms with van der Waals surface area (Å²) < 4.78 is 38.2. The zero-order chi connectivity index (χ0) is 19.9. The van der Waals surface area contributed by atoms with Gasteiger partial charge in [0.25, 0.3) is 5.91 Å². The van der Waals surface area contributed by atoms with Crippen LogP contribution in [-0.2, 0) is 10.0 Å². The van der Waals surface area contributed by atoms with Gasteiger partial charge < -0.3 is 14.4 Å². The number of benzene rings is 2. The van der Waals surface area contributed by atoms with Gasteiger partial charge in [-0.25, -0.2) is 8.42 Å². The Bertz CT molecular complexity index is 1030. The van der Waals surface area contributed by atoms with Crippen LogP contribution in [0, 0.1) is 13.8 Å². The number of sulfonamides is 1. The number of amides is 1. The van der Waals surface area contributed by atoms with Crippen LogP contribution in [0.3, 0.4) is 0 Å². The summed E-state index contributed by atoms with van der Waals surface area (Å²) in [5.74, 6) is 0.839. The van der Waals surface area contributed by atoms with Crippen molar-refractivity contribution in [1.29, 1.82) is 0 Å². The Hall–Kier alpha value is -2.58. The molecule has 0 N–H and O–H groups in total. The lowest BCUT2D eigenvalue weighted by Gasteiger charge is -2.34. The molecule has 0 unspecified atom stereocenters. The van der Waals surface area contributed by atoms with Crippen molar-refractivity contribution in [2.75, 3.05) is 33.0 Å². The molecule has 2 aromatic rings. The van der Waals surface area contributed by atoms with Crippen LogP contribution in [-0.4, -0.2) is 56.5 Å². The van der Waals surface area contributed by atoms with E-state index >= 15 is 0 Å². The number of carbonyl (C=O) groups is 1. The van der Waals surface area contributed by atoms with Crippen molar-refractivity contribution >= 4 is 15.9 Å². The minimum absolute atomic E-state index is 0.0988. The number of piperazine rings is 1. The average Bonchev–Trinajstić information content (AvgIpc) is 3.16. The molecule has 0 atom stereocenters. The molecule has 0 aliphatic carbocycles. The molecule has 0 radical (unpaired) electrons. The van der Waals surface area contributed by atoms with Gasteiger partial charge in [-0.15, -0.1) is 0 Å². The van der Waals surface area contributed by atoms with Crippen LogP contribution in [0.2, 0.25) is 0 Å². The second-order valence-electron chi connectivity index (χ2n) is 7.00. The summed E-state index contributed by atoms with van der Waals surface area (Å²) in [6, 6.07) is 10.5. The number of para-hydroxylation sites is 1. The number of nitrogens with zero attached hydrogens (tertiary/aromatic N) is 2. The molecular formula is C20H22N2O5S. The molecule has 4 rings (SSSR count). The second-order valence-corrected chi connectivity index (χ2v) is 8.91. The summed E-state index contributed by atoms with van der Waals surface area (Å²) in [5, 5.41) is 0. The fourth-order valence-electron chi connectivity index (χ4n) is 3.63. The SMILES string of the molecule is Cc1ccc(S(=O)(=O)N2CCN(C(=O)c3cccc4c3OCO4)CC2)c(C)c1. The second kappa shape index (κ2) is 7.10. The first kappa shape index (κ1) is 18.8. The highest BCUT2D eigenvalue weighted by Crippen LogP contribution is 2.36. The molecule has 2 aliphatic rings. The van der Waals surface area contributed by atoms with Crippen molar-refractivity contribution < 1.29 is 22.7 Å². The first-order chi connectivity index (χ1) is 13.4. The molecule has 0 bridgehead atoms. The molecule has 148 valence electrons. The van der Waals surface area contributed by atoms with Gasteiger partial charge in [0.05, 0.1) is 10.5 Å². The summed E-state index contributed by atoms with van der Waals surface area (Å²) in [4.78, 5) is 14.9. The summed E-state index contributed by atoms with van der Waals surface area (Å²) >= 11 is 0. The van der Waals surface area contributed by atoms with Gasteiger partial charge in [-0.1, -0.05) is 23.8 Å². The Morgan fingerprint density at radius 3 is 2.46 bits per heavy atom. The van der Waals surface area contributed by atoms with Gasteiger partial charge in [0, 0.05) is 26.2 Å². The Labute approximate surface area is 164 Å². The summed E-state index contributed by atoms with van der Waals surface area (Å²) in [6.45, 7) is 5.00. The zero-order valence-corrected chi connectivity index (χ0v) is 16.7. The van der Waals surface area contributed by atoms with E-state index in [-0.39, 0.29) is 25.8 Å². The Balaban J connectivity index is 1.49. The molecule has 0 spiro atoms. The fourth-order valence-corrected chi connectivity index (χ4v) is 5.26. The fraction of sp³-hybridized carbons (Fsp3) is 0.350. The van der Waals surface area contributed by atoms with E-state index in [9.17, 15) is 13.2 Å². The number of ether oxygens (including phenoxy) is 2. The minimum atomic E-state index is -3.58. The van der Waals surface area contributed by atoms with Crippen LogP contribution in [0.1, 0.15) is 21.5 Å². The minimum Gasteiger partial charge on any atom is -0.454 e. The highest BCUT2D eigenvalue weighted by atomic mass is 32.2. The topological polar surface area (TPSA) is 76.2 Å². The van der Waals surface area contributed by atoms with Crippen LogP contribution >= 0.6 is 0 Å². The normalized spacial score (nSPS) is 17.0. The standard InChI is InChI=1S/C20H22N2O5S/c1-14-6-7-18(15(2)12-14)28(24,25)22-10-8-21(9-11-22)20(23)16-4-3-5-17-19(16)27-13-26-17/h3-7,12H,8-11,13H2,1-2H3. The molecule has 2 aliphatic heterocycles. The zero-order valence-electron chi connectivity index (χ0n) is 15.8. The molecule has 2 aromatic carbocycles. The predicted molar refractivity (Wildman–Crippen MR) is 103 cm³/mol. The molecule has 1 saturated heterocycles. The van der Waals surface area contributed by atoms with Gasteiger partial charge in [-0.2, -0.15) is 4.31 Å². The Morgan fingerprint density at radius 1 is 1.00 bits per heavy atom. The third kappa shape index (κ3) is 3.22. The van der Waals surface area contributed by atoms with Crippen molar-refractivity contribution in [2.24, 2.45) is 0 Å². The highest BCUT2D eigenvalue weighted by Gasteiger charge is 2.33. The van der Waals surface area contributed by atoms with Crippen molar-refractivity contribution in [3.63, 3.8) is 0 Å². The predicted octanol–water partition coefficient (Wildman–Crippen LogP) is 2.18. The quantitative estimate of drug-likeness (QED) is 0.787. The molecule has 8 heteroatoms. The largest absolute Gasteiger partial charge is 0.454 e.